The molecule has 2 N–H and O–H groups in total. The van der Waals surface area contributed by atoms with Crippen molar-refractivity contribution in [3.05, 3.63) is 42.5 Å². The molecule has 2 aromatic rings. The third-order valence-electron chi connectivity index (χ3n) is 4.93. The number of ether oxygens (including phenoxy) is 1. The lowest BCUT2D eigenvalue weighted by Gasteiger charge is -2.41. The molecule has 0 atom stereocenters. The molecule has 1 aromatic carbocycles. The van der Waals surface area contributed by atoms with Gasteiger partial charge < -0.3 is 15.4 Å². The van der Waals surface area contributed by atoms with Crippen molar-refractivity contribution in [3.8, 4) is 5.69 Å². The summed E-state index contributed by atoms with van der Waals surface area (Å²) >= 11 is 0. The normalized spacial score (nSPS) is 16.2. The van der Waals surface area contributed by atoms with E-state index < -0.39 is 0 Å². The number of guanidine groups is 1. The second-order valence-electron chi connectivity index (χ2n) is 7.41. The number of nitrogens with zero attached hydrogens (tertiary/aromatic N) is 5. The van der Waals surface area contributed by atoms with Gasteiger partial charge in [0.05, 0.1) is 13.2 Å². The van der Waals surface area contributed by atoms with E-state index in [0.717, 1.165) is 56.9 Å². The smallest absolute Gasteiger partial charge is 0.191 e. The Morgan fingerprint density at radius 3 is 2.64 bits per heavy atom. The minimum absolute atomic E-state index is 0.0179. The van der Waals surface area contributed by atoms with Crippen molar-refractivity contribution in [2.24, 2.45) is 4.99 Å². The van der Waals surface area contributed by atoms with Gasteiger partial charge in [0, 0.05) is 37.4 Å². The van der Waals surface area contributed by atoms with Crippen LogP contribution in [0, 0.1) is 0 Å². The summed E-state index contributed by atoms with van der Waals surface area (Å²) in [6, 6.07) is 10.1. The zero-order valence-corrected chi connectivity index (χ0v) is 17.1. The predicted molar refractivity (Wildman–Crippen MR) is 111 cm³/mol. The lowest BCUT2D eigenvalue weighted by molar-refractivity contribution is -0.00834. The zero-order chi connectivity index (χ0) is 19.8. The fraction of sp³-hybridized carbons (Fsp3) is 0.550. The fourth-order valence-electron chi connectivity index (χ4n) is 3.24. The van der Waals surface area contributed by atoms with E-state index in [4.69, 9.17) is 9.73 Å². The third-order valence-corrected chi connectivity index (χ3v) is 4.93. The number of morpholine rings is 1. The van der Waals surface area contributed by atoms with Gasteiger partial charge in [0.25, 0.3) is 0 Å². The molecule has 8 nitrogen and oxygen atoms in total. The van der Waals surface area contributed by atoms with Crippen molar-refractivity contribution in [1.82, 2.24) is 30.3 Å². The summed E-state index contributed by atoms with van der Waals surface area (Å²) in [5.41, 5.74) is 1.05. The van der Waals surface area contributed by atoms with Gasteiger partial charge >= 0.3 is 0 Å². The van der Waals surface area contributed by atoms with Crippen LogP contribution in [0.2, 0.25) is 0 Å². The van der Waals surface area contributed by atoms with Crippen molar-refractivity contribution in [2.75, 3.05) is 39.4 Å². The topological polar surface area (TPSA) is 79.6 Å². The zero-order valence-electron chi connectivity index (χ0n) is 17.1. The van der Waals surface area contributed by atoms with Gasteiger partial charge in [-0.05, 0) is 32.9 Å². The van der Waals surface area contributed by atoms with Gasteiger partial charge in [-0.25, -0.2) is 4.99 Å². The molecule has 2 heterocycles. The van der Waals surface area contributed by atoms with E-state index in [1.54, 1.807) is 6.33 Å². The summed E-state index contributed by atoms with van der Waals surface area (Å²) < 4.78 is 7.44. The standard InChI is InChI=1S/C20H31N7O/c1-4-21-19(23-15-20(2,3)26-10-12-28-13-11-26)22-14-18-25-24-16-27(18)17-8-6-5-7-9-17/h5-9,16H,4,10-15H2,1-3H3,(H2,21,22,23). The van der Waals surface area contributed by atoms with Crippen LogP contribution in [0.25, 0.3) is 5.69 Å². The SMILES string of the molecule is CCNC(=NCc1nncn1-c1ccccc1)NCC(C)(C)N1CCOCC1. The lowest BCUT2D eigenvalue weighted by Crippen LogP contribution is -2.56. The van der Waals surface area contributed by atoms with E-state index >= 15 is 0 Å². The average molecular weight is 386 g/mol. The van der Waals surface area contributed by atoms with Crippen LogP contribution < -0.4 is 10.6 Å². The number of hydrogen-bond donors (Lipinski definition) is 2. The first-order valence-corrected chi connectivity index (χ1v) is 9.89. The van der Waals surface area contributed by atoms with Crippen LogP contribution in [0.4, 0.5) is 0 Å². The van der Waals surface area contributed by atoms with Gasteiger partial charge in [0.15, 0.2) is 11.8 Å². The number of aromatic nitrogens is 3. The third kappa shape index (κ3) is 5.30. The molecule has 1 saturated heterocycles. The van der Waals surface area contributed by atoms with Crippen molar-refractivity contribution in [3.63, 3.8) is 0 Å². The maximum atomic E-state index is 5.47. The summed E-state index contributed by atoms with van der Waals surface area (Å²) in [4.78, 5) is 7.18. The Morgan fingerprint density at radius 1 is 1.18 bits per heavy atom. The first kappa shape index (κ1) is 20.3. The first-order valence-electron chi connectivity index (χ1n) is 9.89. The second kappa shape index (κ2) is 9.66. The van der Waals surface area contributed by atoms with Crippen LogP contribution in [-0.4, -0.2) is 70.6 Å². The highest BCUT2D eigenvalue weighted by atomic mass is 16.5. The Kier molecular flexibility index (Phi) is 7.00. The fourth-order valence-corrected chi connectivity index (χ4v) is 3.24. The van der Waals surface area contributed by atoms with Crippen LogP contribution >= 0.6 is 0 Å². The Bertz CT molecular complexity index is 751. The molecule has 1 aromatic heterocycles. The molecule has 1 fully saturated rings. The van der Waals surface area contributed by atoms with Gasteiger partial charge in [-0.2, -0.15) is 0 Å². The van der Waals surface area contributed by atoms with Crippen molar-refractivity contribution in [1.29, 1.82) is 0 Å². The first-order chi connectivity index (χ1) is 13.6. The van der Waals surface area contributed by atoms with E-state index in [1.165, 1.54) is 0 Å². The van der Waals surface area contributed by atoms with Crippen molar-refractivity contribution >= 4 is 5.96 Å². The molecule has 0 radical (unpaired) electrons. The van der Waals surface area contributed by atoms with Gasteiger partial charge in [-0.3, -0.25) is 9.47 Å². The maximum absolute atomic E-state index is 5.47. The number of rotatable bonds is 7. The molecule has 8 heteroatoms. The maximum Gasteiger partial charge on any atom is 0.191 e. The highest BCUT2D eigenvalue weighted by Crippen LogP contribution is 2.15. The van der Waals surface area contributed by atoms with Gasteiger partial charge in [-0.15, -0.1) is 10.2 Å². The summed E-state index contributed by atoms with van der Waals surface area (Å²) in [7, 11) is 0. The van der Waals surface area contributed by atoms with Gasteiger partial charge in [0.2, 0.25) is 0 Å². The largest absolute Gasteiger partial charge is 0.379 e. The summed E-state index contributed by atoms with van der Waals surface area (Å²) in [5.74, 6) is 1.59. The number of nitrogens with one attached hydrogen (secondary N) is 2. The van der Waals surface area contributed by atoms with E-state index in [-0.39, 0.29) is 5.54 Å². The molecule has 0 aliphatic carbocycles. The lowest BCUT2D eigenvalue weighted by atomic mass is 10.0. The van der Waals surface area contributed by atoms with Crippen molar-refractivity contribution in [2.45, 2.75) is 32.9 Å². The molecular formula is C20H31N7O. The average Bonchev–Trinajstić information content (AvgIpc) is 3.20. The molecular weight excluding hydrogens is 354 g/mol. The van der Waals surface area contributed by atoms with E-state index in [9.17, 15) is 0 Å². The van der Waals surface area contributed by atoms with Gasteiger partial charge in [-0.1, -0.05) is 18.2 Å². The van der Waals surface area contributed by atoms with Crippen LogP contribution in [0.15, 0.2) is 41.7 Å². The molecule has 3 rings (SSSR count). The quantitative estimate of drug-likeness (QED) is 0.555. The molecule has 28 heavy (non-hydrogen) atoms. The molecule has 0 saturated carbocycles. The monoisotopic (exact) mass is 385 g/mol. The van der Waals surface area contributed by atoms with Crippen LogP contribution in [0.5, 0.6) is 0 Å². The minimum Gasteiger partial charge on any atom is -0.379 e. The molecule has 0 unspecified atom stereocenters. The molecule has 152 valence electrons. The number of aliphatic imine (C=N–C) groups is 1. The van der Waals surface area contributed by atoms with Crippen LogP contribution in [0.3, 0.4) is 0 Å². The van der Waals surface area contributed by atoms with Gasteiger partial charge in [0.1, 0.15) is 12.9 Å². The Hall–Kier alpha value is -2.45. The molecule has 1 aliphatic heterocycles. The molecule has 0 amide bonds. The highest BCUT2D eigenvalue weighted by molar-refractivity contribution is 5.79. The Balaban J connectivity index is 1.64. The number of para-hydroxylation sites is 1. The van der Waals surface area contributed by atoms with Crippen LogP contribution in [-0.2, 0) is 11.3 Å². The summed E-state index contributed by atoms with van der Waals surface area (Å²) in [6.07, 6.45) is 1.72. The number of hydrogen-bond acceptors (Lipinski definition) is 5. The van der Waals surface area contributed by atoms with Crippen molar-refractivity contribution < 1.29 is 4.74 Å². The minimum atomic E-state index is 0.0179. The Labute approximate surface area is 167 Å². The number of benzene rings is 1. The highest BCUT2D eigenvalue weighted by Gasteiger charge is 2.28. The summed E-state index contributed by atoms with van der Waals surface area (Å²) in [5, 5.41) is 15.1. The van der Waals surface area contributed by atoms with Crippen LogP contribution in [0.1, 0.15) is 26.6 Å². The van der Waals surface area contributed by atoms with E-state index in [1.807, 2.05) is 34.9 Å². The predicted octanol–water partition coefficient (Wildman–Crippen LogP) is 1.43. The van der Waals surface area contributed by atoms with E-state index in [0.29, 0.717) is 6.54 Å². The molecule has 1 aliphatic rings. The van der Waals surface area contributed by atoms with E-state index in [2.05, 4.69) is 46.5 Å². The molecule has 0 bridgehead atoms. The molecule has 0 spiro atoms. The second-order valence-corrected chi connectivity index (χ2v) is 7.41. The summed E-state index contributed by atoms with van der Waals surface area (Å²) in [6.45, 7) is 12.1. The Morgan fingerprint density at radius 2 is 1.93 bits per heavy atom.